The van der Waals surface area contributed by atoms with Crippen molar-refractivity contribution >= 4 is 11.5 Å². The summed E-state index contributed by atoms with van der Waals surface area (Å²) in [4.78, 5) is 4.69. The van der Waals surface area contributed by atoms with Crippen molar-refractivity contribution in [3.63, 3.8) is 0 Å². The van der Waals surface area contributed by atoms with Crippen LogP contribution >= 0.6 is 0 Å². The Morgan fingerprint density at radius 3 is 2.33 bits per heavy atom. The van der Waals surface area contributed by atoms with Crippen molar-refractivity contribution in [2.24, 2.45) is 10.9 Å². The molecule has 0 saturated heterocycles. The molecule has 5 heteroatoms. The highest BCUT2D eigenvalue weighted by Gasteiger charge is 2.12. The van der Waals surface area contributed by atoms with Gasteiger partial charge in [-0.15, -0.1) is 0 Å². The lowest BCUT2D eigenvalue weighted by molar-refractivity contribution is 0.300. The lowest BCUT2D eigenvalue weighted by Gasteiger charge is -2.27. The molecular weight excluding hydrogens is 264 g/mol. The van der Waals surface area contributed by atoms with E-state index in [4.69, 9.17) is 10.9 Å². The highest BCUT2D eigenvalue weighted by Crippen LogP contribution is 2.20. The molecule has 0 radical (unpaired) electrons. The van der Waals surface area contributed by atoms with Gasteiger partial charge in [-0.3, -0.25) is 0 Å². The third kappa shape index (κ3) is 4.93. The SMILES string of the molecule is CCN(CC)CCCN(CC)c1ccccc1/C(N)=N/O. The van der Waals surface area contributed by atoms with Crippen LogP contribution in [0.25, 0.3) is 0 Å². The third-order valence-corrected chi connectivity index (χ3v) is 3.81. The number of hydrogen-bond acceptors (Lipinski definition) is 4. The van der Waals surface area contributed by atoms with Crippen molar-refractivity contribution in [1.82, 2.24) is 4.90 Å². The summed E-state index contributed by atoms with van der Waals surface area (Å²) in [5.74, 6) is 0.160. The molecule has 0 fully saturated rings. The van der Waals surface area contributed by atoms with Crippen molar-refractivity contribution < 1.29 is 5.21 Å². The van der Waals surface area contributed by atoms with Crippen LogP contribution in [0.1, 0.15) is 32.8 Å². The smallest absolute Gasteiger partial charge is 0.172 e. The number of oxime groups is 1. The second kappa shape index (κ2) is 9.23. The summed E-state index contributed by atoms with van der Waals surface area (Å²) >= 11 is 0. The van der Waals surface area contributed by atoms with Gasteiger partial charge in [0.2, 0.25) is 0 Å². The van der Waals surface area contributed by atoms with Crippen molar-refractivity contribution in [2.75, 3.05) is 37.6 Å². The summed E-state index contributed by atoms with van der Waals surface area (Å²) in [6.45, 7) is 11.6. The lowest BCUT2D eigenvalue weighted by atomic mass is 10.1. The maximum absolute atomic E-state index is 8.92. The number of anilines is 1. The van der Waals surface area contributed by atoms with E-state index in [0.29, 0.717) is 0 Å². The molecule has 0 aromatic heterocycles. The van der Waals surface area contributed by atoms with Gasteiger partial charge in [-0.25, -0.2) is 0 Å². The summed E-state index contributed by atoms with van der Waals surface area (Å²) in [6.07, 6.45) is 1.10. The molecule has 0 unspecified atom stereocenters. The maximum atomic E-state index is 8.92. The Bertz CT molecular complexity index is 444. The fourth-order valence-corrected chi connectivity index (χ4v) is 2.49. The summed E-state index contributed by atoms with van der Waals surface area (Å²) in [5, 5.41) is 12.0. The molecule has 3 N–H and O–H groups in total. The predicted molar refractivity (Wildman–Crippen MR) is 89.2 cm³/mol. The van der Waals surface area contributed by atoms with E-state index in [9.17, 15) is 0 Å². The standard InChI is InChI=1S/C16H28N4O/c1-4-19(5-2)12-9-13-20(6-3)15-11-8-7-10-14(15)16(17)18-21/h7-8,10-11,21H,4-6,9,12-13H2,1-3H3,(H2,17,18). The van der Waals surface area contributed by atoms with Gasteiger partial charge in [0.15, 0.2) is 5.84 Å². The molecule has 0 atom stereocenters. The van der Waals surface area contributed by atoms with Crippen LogP contribution in [0.4, 0.5) is 5.69 Å². The van der Waals surface area contributed by atoms with E-state index in [-0.39, 0.29) is 5.84 Å². The number of benzene rings is 1. The summed E-state index contributed by atoms with van der Waals surface area (Å²) < 4.78 is 0. The fourth-order valence-electron chi connectivity index (χ4n) is 2.49. The van der Waals surface area contributed by atoms with Crippen molar-refractivity contribution in [2.45, 2.75) is 27.2 Å². The third-order valence-electron chi connectivity index (χ3n) is 3.81. The first-order valence-corrected chi connectivity index (χ1v) is 7.72. The van der Waals surface area contributed by atoms with Gasteiger partial charge in [-0.05, 0) is 45.1 Å². The topological polar surface area (TPSA) is 65.1 Å². The average Bonchev–Trinajstić information content (AvgIpc) is 2.54. The highest BCUT2D eigenvalue weighted by molar-refractivity contribution is 6.02. The molecule has 0 spiro atoms. The van der Waals surface area contributed by atoms with Crippen molar-refractivity contribution in [3.8, 4) is 0 Å². The Kier molecular flexibility index (Phi) is 7.61. The second-order valence-corrected chi connectivity index (χ2v) is 4.96. The zero-order chi connectivity index (χ0) is 15.7. The molecule has 1 rings (SSSR count). The summed E-state index contributed by atoms with van der Waals surface area (Å²) in [5.41, 5.74) is 7.58. The first-order chi connectivity index (χ1) is 10.2. The number of para-hydroxylation sites is 1. The molecule has 1 aromatic carbocycles. The molecule has 0 heterocycles. The first-order valence-electron chi connectivity index (χ1n) is 7.72. The van der Waals surface area contributed by atoms with Crippen LogP contribution in [-0.2, 0) is 0 Å². The molecule has 5 nitrogen and oxygen atoms in total. The van der Waals surface area contributed by atoms with Gasteiger partial charge in [-0.1, -0.05) is 31.1 Å². The van der Waals surface area contributed by atoms with Crippen LogP contribution in [0.2, 0.25) is 0 Å². The molecule has 0 amide bonds. The van der Waals surface area contributed by atoms with Crippen LogP contribution in [0, 0.1) is 0 Å². The monoisotopic (exact) mass is 292 g/mol. The van der Waals surface area contributed by atoms with Gasteiger partial charge in [0.05, 0.1) is 0 Å². The minimum Gasteiger partial charge on any atom is -0.409 e. The number of nitrogens with two attached hydrogens (primary N) is 1. The molecule has 0 saturated carbocycles. The normalized spacial score (nSPS) is 11.9. The van der Waals surface area contributed by atoms with Crippen molar-refractivity contribution in [1.29, 1.82) is 0 Å². The number of rotatable bonds is 9. The lowest BCUT2D eigenvalue weighted by Crippen LogP contribution is -2.31. The van der Waals surface area contributed by atoms with E-state index in [2.05, 4.69) is 35.7 Å². The Balaban J connectivity index is 2.77. The number of hydrogen-bond donors (Lipinski definition) is 2. The van der Waals surface area contributed by atoms with Crippen LogP contribution in [0.5, 0.6) is 0 Å². The van der Waals surface area contributed by atoms with E-state index in [1.54, 1.807) is 0 Å². The van der Waals surface area contributed by atoms with E-state index in [0.717, 1.165) is 50.4 Å². The number of amidine groups is 1. The van der Waals surface area contributed by atoms with Crippen LogP contribution in [-0.4, -0.2) is 48.7 Å². The summed E-state index contributed by atoms with van der Waals surface area (Å²) in [6, 6.07) is 7.79. The van der Waals surface area contributed by atoms with Crippen LogP contribution in [0.15, 0.2) is 29.4 Å². The second-order valence-electron chi connectivity index (χ2n) is 4.96. The Morgan fingerprint density at radius 2 is 1.76 bits per heavy atom. The molecule has 0 aliphatic carbocycles. The molecule has 0 bridgehead atoms. The molecule has 0 aliphatic rings. The fraction of sp³-hybridized carbons (Fsp3) is 0.562. The molecule has 118 valence electrons. The Morgan fingerprint density at radius 1 is 1.10 bits per heavy atom. The minimum absolute atomic E-state index is 0.160. The predicted octanol–water partition coefficient (Wildman–Crippen LogP) is 2.34. The first kappa shape index (κ1) is 17.3. The van der Waals surface area contributed by atoms with Gasteiger partial charge in [0.1, 0.15) is 0 Å². The van der Waals surface area contributed by atoms with E-state index in [1.807, 2.05) is 24.3 Å². The van der Waals surface area contributed by atoms with Gasteiger partial charge in [0.25, 0.3) is 0 Å². The van der Waals surface area contributed by atoms with Gasteiger partial charge in [-0.2, -0.15) is 0 Å². The van der Waals surface area contributed by atoms with Crippen molar-refractivity contribution in [3.05, 3.63) is 29.8 Å². The highest BCUT2D eigenvalue weighted by atomic mass is 16.4. The largest absolute Gasteiger partial charge is 0.409 e. The van der Waals surface area contributed by atoms with Gasteiger partial charge >= 0.3 is 0 Å². The Labute approximate surface area is 128 Å². The maximum Gasteiger partial charge on any atom is 0.172 e. The zero-order valence-corrected chi connectivity index (χ0v) is 13.4. The Hall–Kier alpha value is -1.75. The van der Waals surface area contributed by atoms with E-state index >= 15 is 0 Å². The summed E-state index contributed by atoms with van der Waals surface area (Å²) in [7, 11) is 0. The molecule has 1 aromatic rings. The van der Waals surface area contributed by atoms with Gasteiger partial charge in [0, 0.05) is 24.3 Å². The minimum atomic E-state index is 0.160. The van der Waals surface area contributed by atoms with E-state index < -0.39 is 0 Å². The molecule has 0 aliphatic heterocycles. The molecule has 21 heavy (non-hydrogen) atoms. The average molecular weight is 292 g/mol. The quantitative estimate of drug-likeness (QED) is 0.317. The van der Waals surface area contributed by atoms with Crippen LogP contribution in [0.3, 0.4) is 0 Å². The van der Waals surface area contributed by atoms with Gasteiger partial charge < -0.3 is 20.7 Å². The van der Waals surface area contributed by atoms with E-state index in [1.165, 1.54) is 0 Å². The van der Waals surface area contributed by atoms with Crippen LogP contribution < -0.4 is 10.6 Å². The zero-order valence-electron chi connectivity index (χ0n) is 13.4. The number of nitrogens with zero attached hydrogens (tertiary/aromatic N) is 3. The molecular formula is C16H28N4O.